The first-order chi connectivity index (χ1) is 6.77. The molecule has 1 saturated carbocycles. The van der Waals surface area contributed by atoms with Crippen LogP contribution in [-0.4, -0.2) is 20.8 Å². The Morgan fingerprint density at radius 3 is 3.00 bits per heavy atom. The Balaban J connectivity index is 1.85. The van der Waals surface area contributed by atoms with Gasteiger partial charge in [0.25, 0.3) is 0 Å². The lowest BCUT2D eigenvalue weighted by Gasteiger charge is -2.14. The van der Waals surface area contributed by atoms with E-state index in [0.29, 0.717) is 5.92 Å². The van der Waals surface area contributed by atoms with Gasteiger partial charge in [0.15, 0.2) is 0 Å². The minimum absolute atomic E-state index is 0.0566. The van der Waals surface area contributed by atoms with E-state index in [9.17, 15) is 5.11 Å². The van der Waals surface area contributed by atoms with Crippen molar-refractivity contribution in [3.63, 3.8) is 0 Å². The third-order valence-corrected chi connectivity index (χ3v) is 3.28. The molecular formula is C11H18N2O. The zero-order valence-corrected chi connectivity index (χ0v) is 8.69. The van der Waals surface area contributed by atoms with Crippen molar-refractivity contribution < 1.29 is 5.11 Å². The second kappa shape index (κ2) is 4.13. The monoisotopic (exact) mass is 194 g/mol. The maximum Gasteiger partial charge on any atom is 0.105 e. The molecule has 0 bridgehead atoms. The molecule has 78 valence electrons. The number of nitrogens with zero attached hydrogens (tertiary/aromatic N) is 2. The van der Waals surface area contributed by atoms with Gasteiger partial charge in [0.05, 0.1) is 6.10 Å². The van der Waals surface area contributed by atoms with Crippen molar-refractivity contribution in [1.29, 1.82) is 0 Å². The van der Waals surface area contributed by atoms with E-state index in [2.05, 4.69) is 9.55 Å². The van der Waals surface area contributed by atoms with Gasteiger partial charge < -0.3 is 9.67 Å². The van der Waals surface area contributed by atoms with Crippen LogP contribution in [0.15, 0.2) is 12.4 Å². The van der Waals surface area contributed by atoms with Gasteiger partial charge in [-0.1, -0.05) is 6.42 Å². The molecule has 1 aliphatic rings. The predicted molar refractivity (Wildman–Crippen MR) is 54.9 cm³/mol. The van der Waals surface area contributed by atoms with Crippen molar-refractivity contribution in [3.05, 3.63) is 18.2 Å². The summed E-state index contributed by atoms with van der Waals surface area (Å²) in [7, 11) is 0. The van der Waals surface area contributed by atoms with Crippen molar-refractivity contribution >= 4 is 0 Å². The standard InChI is InChI=1S/C11H18N2O/c1-9-12-6-8-13(9)7-5-10-3-2-4-11(10)14/h6,8,10-11,14H,2-5,7H2,1H3. The molecule has 0 aliphatic heterocycles. The van der Waals surface area contributed by atoms with Gasteiger partial charge in [-0.3, -0.25) is 0 Å². The molecule has 0 amide bonds. The highest BCUT2D eigenvalue weighted by Crippen LogP contribution is 2.28. The zero-order valence-electron chi connectivity index (χ0n) is 8.69. The molecule has 0 aromatic carbocycles. The number of hydrogen-bond acceptors (Lipinski definition) is 2. The van der Waals surface area contributed by atoms with Crippen molar-refractivity contribution in [3.8, 4) is 0 Å². The second-order valence-corrected chi connectivity index (χ2v) is 4.21. The van der Waals surface area contributed by atoms with Crippen LogP contribution in [0, 0.1) is 12.8 Å². The fraction of sp³-hybridized carbons (Fsp3) is 0.727. The molecule has 2 rings (SSSR count). The summed E-state index contributed by atoms with van der Waals surface area (Å²) in [5, 5.41) is 9.66. The minimum Gasteiger partial charge on any atom is -0.393 e. The highest BCUT2D eigenvalue weighted by atomic mass is 16.3. The van der Waals surface area contributed by atoms with Crippen LogP contribution >= 0.6 is 0 Å². The molecule has 3 heteroatoms. The Morgan fingerprint density at radius 2 is 2.43 bits per heavy atom. The molecule has 14 heavy (non-hydrogen) atoms. The van der Waals surface area contributed by atoms with Gasteiger partial charge in [0.2, 0.25) is 0 Å². The SMILES string of the molecule is Cc1nccn1CCC1CCCC1O. The van der Waals surface area contributed by atoms with Crippen molar-refractivity contribution in [2.75, 3.05) is 0 Å². The fourth-order valence-corrected chi connectivity index (χ4v) is 2.30. The Hall–Kier alpha value is -0.830. The van der Waals surface area contributed by atoms with E-state index in [1.165, 1.54) is 12.8 Å². The van der Waals surface area contributed by atoms with Gasteiger partial charge in [-0.25, -0.2) is 4.98 Å². The predicted octanol–water partition coefficient (Wildman–Crippen LogP) is 1.74. The van der Waals surface area contributed by atoms with Crippen LogP contribution < -0.4 is 0 Å². The molecule has 1 heterocycles. The summed E-state index contributed by atoms with van der Waals surface area (Å²) < 4.78 is 2.16. The molecule has 1 aromatic rings. The van der Waals surface area contributed by atoms with Crippen LogP contribution in [0.5, 0.6) is 0 Å². The van der Waals surface area contributed by atoms with Gasteiger partial charge in [-0.2, -0.15) is 0 Å². The lowest BCUT2D eigenvalue weighted by atomic mass is 10.0. The van der Waals surface area contributed by atoms with Crippen molar-refractivity contribution in [1.82, 2.24) is 9.55 Å². The molecule has 2 atom stereocenters. The maximum atomic E-state index is 9.66. The highest BCUT2D eigenvalue weighted by molar-refractivity contribution is 4.89. The molecular weight excluding hydrogens is 176 g/mol. The first-order valence-electron chi connectivity index (χ1n) is 5.43. The summed E-state index contributed by atoms with van der Waals surface area (Å²) in [6, 6.07) is 0. The van der Waals surface area contributed by atoms with Crippen LogP contribution in [0.3, 0.4) is 0 Å². The molecule has 3 nitrogen and oxygen atoms in total. The van der Waals surface area contributed by atoms with Crippen molar-refractivity contribution in [2.45, 2.75) is 45.3 Å². The van der Waals surface area contributed by atoms with E-state index in [0.717, 1.165) is 25.2 Å². The lowest BCUT2D eigenvalue weighted by Crippen LogP contribution is -2.15. The molecule has 2 unspecified atom stereocenters. The third-order valence-electron chi connectivity index (χ3n) is 3.28. The van der Waals surface area contributed by atoms with Gasteiger partial charge >= 0.3 is 0 Å². The van der Waals surface area contributed by atoms with Gasteiger partial charge in [0, 0.05) is 18.9 Å². The van der Waals surface area contributed by atoms with Crippen molar-refractivity contribution in [2.24, 2.45) is 5.92 Å². The first-order valence-corrected chi connectivity index (χ1v) is 5.43. The second-order valence-electron chi connectivity index (χ2n) is 4.21. The number of aryl methyl sites for hydroxylation is 2. The van der Waals surface area contributed by atoms with E-state index in [4.69, 9.17) is 0 Å². The van der Waals surface area contributed by atoms with E-state index < -0.39 is 0 Å². The van der Waals surface area contributed by atoms with Gasteiger partial charge in [-0.15, -0.1) is 0 Å². The molecule has 1 N–H and O–H groups in total. The number of aliphatic hydroxyl groups is 1. The van der Waals surface area contributed by atoms with Crippen LogP contribution in [-0.2, 0) is 6.54 Å². The summed E-state index contributed by atoms with van der Waals surface area (Å²) in [4.78, 5) is 4.18. The summed E-state index contributed by atoms with van der Waals surface area (Å²) in [6.45, 7) is 3.01. The van der Waals surface area contributed by atoms with Crippen LogP contribution in [0.25, 0.3) is 0 Å². The largest absolute Gasteiger partial charge is 0.393 e. The van der Waals surface area contributed by atoms with Crippen LogP contribution in [0.1, 0.15) is 31.5 Å². The molecule has 0 spiro atoms. The summed E-state index contributed by atoms with van der Waals surface area (Å²) in [5.41, 5.74) is 0. The van der Waals surface area contributed by atoms with E-state index in [-0.39, 0.29) is 6.10 Å². The van der Waals surface area contributed by atoms with Crippen LogP contribution in [0.4, 0.5) is 0 Å². The van der Waals surface area contributed by atoms with E-state index in [1.54, 1.807) is 0 Å². The molecule has 0 radical (unpaired) electrons. The van der Waals surface area contributed by atoms with E-state index in [1.807, 2.05) is 19.3 Å². The molecule has 1 aromatic heterocycles. The highest BCUT2D eigenvalue weighted by Gasteiger charge is 2.24. The Kier molecular flexibility index (Phi) is 2.87. The molecule has 1 aliphatic carbocycles. The average molecular weight is 194 g/mol. The average Bonchev–Trinajstić information content (AvgIpc) is 2.72. The number of imidazole rings is 1. The Morgan fingerprint density at radius 1 is 1.57 bits per heavy atom. The topological polar surface area (TPSA) is 38.0 Å². The van der Waals surface area contributed by atoms with Gasteiger partial charge in [0.1, 0.15) is 5.82 Å². The van der Waals surface area contributed by atoms with Gasteiger partial charge in [-0.05, 0) is 32.1 Å². The lowest BCUT2D eigenvalue weighted by molar-refractivity contribution is 0.125. The maximum absolute atomic E-state index is 9.66. The quantitative estimate of drug-likeness (QED) is 0.796. The third kappa shape index (κ3) is 1.98. The van der Waals surface area contributed by atoms with E-state index >= 15 is 0 Å². The first kappa shape index (κ1) is 9.71. The van der Waals surface area contributed by atoms with Crippen LogP contribution in [0.2, 0.25) is 0 Å². The summed E-state index contributed by atoms with van der Waals surface area (Å²) in [5.74, 6) is 1.58. The Labute approximate surface area is 84.8 Å². The number of aliphatic hydroxyl groups excluding tert-OH is 1. The Bertz CT molecular complexity index is 295. The number of aromatic nitrogens is 2. The minimum atomic E-state index is -0.0566. The smallest absolute Gasteiger partial charge is 0.105 e. The summed E-state index contributed by atoms with van der Waals surface area (Å²) >= 11 is 0. The summed E-state index contributed by atoms with van der Waals surface area (Å²) in [6.07, 6.45) is 8.24. The number of rotatable bonds is 3. The zero-order chi connectivity index (χ0) is 9.97. The fourth-order valence-electron chi connectivity index (χ4n) is 2.30. The number of hydrogen-bond donors (Lipinski definition) is 1. The molecule has 1 fully saturated rings. The normalized spacial score (nSPS) is 27.0. The molecule has 0 saturated heterocycles.